The fourth-order valence-electron chi connectivity index (χ4n) is 3.81. The first-order valence-corrected chi connectivity index (χ1v) is 9.58. The van der Waals surface area contributed by atoms with Gasteiger partial charge in [-0.2, -0.15) is 0 Å². The largest absolute Gasteiger partial charge is 0.466 e. The Kier molecular flexibility index (Phi) is 4.13. The molecule has 0 fully saturated rings. The Bertz CT molecular complexity index is 1360. The number of amides is 1. The quantitative estimate of drug-likeness (QED) is 0.485. The highest BCUT2D eigenvalue weighted by molar-refractivity contribution is 6.08. The lowest BCUT2D eigenvalue weighted by Gasteiger charge is -2.15. The maximum absolute atomic E-state index is 13.4. The van der Waals surface area contributed by atoms with Crippen molar-refractivity contribution in [2.45, 2.75) is 19.4 Å². The maximum atomic E-state index is 13.4. The summed E-state index contributed by atoms with van der Waals surface area (Å²) in [7, 11) is 0. The van der Waals surface area contributed by atoms with E-state index < -0.39 is 23.5 Å². The van der Waals surface area contributed by atoms with E-state index in [1.54, 1.807) is 43.3 Å². The molecule has 4 aromatic rings. The summed E-state index contributed by atoms with van der Waals surface area (Å²) in [5.41, 5.74) is 1.01. The monoisotopic (exact) mass is 403 g/mol. The minimum atomic E-state index is -1.06. The lowest BCUT2D eigenvalue weighted by Crippen LogP contribution is -2.28. The number of rotatable bonds is 4. The number of nitrogens with zero attached hydrogens (tertiary/aromatic N) is 3. The molecular formula is C22H17N3O5. The summed E-state index contributed by atoms with van der Waals surface area (Å²) >= 11 is 0. The van der Waals surface area contributed by atoms with Crippen molar-refractivity contribution in [1.82, 2.24) is 9.55 Å². The van der Waals surface area contributed by atoms with E-state index in [2.05, 4.69) is 4.98 Å². The van der Waals surface area contributed by atoms with Crippen LogP contribution in [0.5, 0.6) is 0 Å². The van der Waals surface area contributed by atoms with E-state index in [1.165, 1.54) is 9.47 Å². The van der Waals surface area contributed by atoms with E-state index in [-0.39, 0.29) is 24.6 Å². The van der Waals surface area contributed by atoms with Crippen molar-refractivity contribution in [1.29, 1.82) is 0 Å². The second-order valence-corrected chi connectivity index (χ2v) is 6.90. The van der Waals surface area contributed by atoms with Crippen LogP contribution in [0.2, 0.25) is 0 Å². The molecule has 1 aliphatic rings. The van der Waals surface area contributed by atoms with Crippen molar-refractivity contribution in [3.05, 3.63) is 65.0 Å². The number of fused-ring (bicyclic) bond motifs is 4. The normalized spacial score (nSPS) is 15.7. The van der Waals surface area contributed by atoms with E-state index in [0.29, 0.717) is 22.2 Å². The van der Waals surface area contributed by atoms with Crippen LogP contribution >= 0.6 is 0 Å². The third-order valence-electron chi connectivity index (χ3n) is 5.11. The predicted octanol–water partition coefficient (Wildman–Crippen LogP) is 3.32. The number of carbonyl (C=O) groups is 2. The summed E-state index contributed by atoms with van der Waals surface area (Å²) in [6.07, 6.45) is -0.268. The molecule has 2 aromatic heterocycles. The van der Waals surface area contributed by atoms with Crippen LogP contribution in [0.1, 0.15) is 19.4 Å². The fraction of sp³-hybridized carbons (Fsp3) is 0.182. The standard InChI is InChI=1S/C22H17N3O5/c1-2-29-17(26)12-15-20(27)24(13-8-4-3-5-9-13)22-23-18-14-10-6-7-11-16(14)30-19(18)21(28)25(15)22/h3-11,15H,2,12H2,1H3/t15-/m1/s1. The number of furan rings is 1. The zero-order valence-corrected chi connectivity index (χ0v) is 16.1. The molecule has 0 spiro atoms. The minimum Gasteiger partial charge on any atom is -0.466 e. The van der Waals surface area contributed by atoms with Gasteiger partial charge >= 0.3 is 5.97 Å². The Labute approximate surface area is 170 Å². The highest BCUT2D eigenvalue weighted by Crippen LogP contribution is 2.37. The van der Waals surface area contributed by atoms with Gasteiger partial charge in [0.2, 0.25) is 11.5 Å². The fourth-order valence-corrected chi connectivity index (χ4v) is 3.81. The van der Waals surface area contributed by atoms with E-state index >= 15 is 0 Å². The van der Waals surface area contributed by atoms with Gasteiger partial charge in [0.15, 0.2) is 0 Å². The van der Waals surface area contributed by atoms with Gasteiger partial charge in [0, 0.05) is 5.39 Å². The third-order valence-corrected chi connectivity index (χ3v) is 5.11. The smallest absolute Gasteiger partial charge is 0.308 e. The van der Waals surface area contributed by atoms with Crippen LogP contribution in [0.15, 0.2) is 63.8 Å². The van der Waals surface area contributed by atoms with Crippen LogP contribution in [-0.2, 0) is 14.3 Å². The number of carbonyl (C=O) groups excluding carboxylic acids is 2. The Morgan fingerprint density at radius 2 is 1.83 bits per heavy atom. The third kappa shape index (κ3) is 2.61. The van der Waals surface area contributed by atoms with Crippen molar-refractivity contribution in [2.24, 2.45) is 0 Å². The van der Waals surface area contributed by atoms with Gasteiger partial charge < -0.3 is 9.15 Å². The molecule has 0 saturated heterocycles. The average Bonchev–Trinajstić information content (AvgIpc) is 3.25. The van der Waals surface area contributed by atoms with Crippen molar-refractivity contribution in [2.75, 3.05) is 11.5 Å². The van der Waals surface area contributed by atoms with Gasteiger partial charge in [0.05, 0.1) is 18.7 Å². The first kappa shape index (κ1) is 18.1. The van der Waals surface area contributed by atoms with Crippen molar-refractivity contribution in [3.63, 3.8) is 0 Å². The molecule has 1 atom stereocenters. The molecule has 0 saturated carbocycles. The molecule has 2 aromatic carbocycles. The van der Waals surface area contributed by atoms with Crippen LogP contribution in [-0.4, -0.2) is 28.0 Å². The molecule has 8 nitrogen and oxygen atoms in total. The van der Waals surface area contributed by atoms with Gasteiger partial charge in [-0.05, 0) is 31.2 Å². The summed E-state index contributed by atoms with van der Waals surface area (Å²) in [5, 5.41) is 0.683. The van der Waals surface area contributed by atoms with Gasteiger partial charge in [-0.1, -0.05) is 30.3 Å². The summed E-state index contributed by atoms with van der Waals surface area (Å²) in [4.78, 5) is 44.8. The molecule has 0 bridgehead atoms. The van der Waals surface area contributed by atoms with Gasteiger partial charge in [-0.25, -0.2) is 9.88 Å². The molecule has 0 unspecified atom stereocenters. The summed E-state index contributed by atoms with van der Waals surface area (Å²) in [5.74, 6) is -0.825. The lowest BCUT2D eigenvalue weighted by atomic mass is 10.2. The second-order valence-electron chi connectivity index (χ2n) is 6.90. The molecule has 3 heterocycles. The number of aromatic nitrogens is 2. The number of anilines is 2. The van der Waals surface area contributed by atoms with E-state index in [4.69, 9.17) is 9.15 Å². The van der Waals surface area contributed by atoms with E-state index in [9.17, 15) is 14.4 Å². The number of ether oxygens (including phenoxy) is 1. The Morgan fingerprint density at radius 3 is 2.60 bits per heavy atom. The topological polar surface area (TPSA) is 94.6 Å². The summed E-state index contributed by atoms with van der Waals surface area (Å²) in [6.45, 7) is 1.87. The van der Waals surface area contributed by atoms with Gasteiger partial charge in [-0.3, -0.25) is 19.0 Å². The van der Waals surface area contributed by atoms with Crippen molar-refractivity contribution < 1.29 is 18.7 Å². The SMILES string of the molecule is CCOC(=O)C[C@@H]1C(=O)N(c2ccccc2)c2nc3c(oc4ccccc43)c(=O)n21. The van der Waals surface area contributed by atoms with Crippen LogP contribution in [0.3, 0.4) is 0 Å². The van der Waals surface area contributed by atoms with E-state index in [0.717, 1.165) is 0 Å². The van der Waals surface area contributed by atoms with Crippen molar-refractivity contribution in [3.8, 4) is 0 Å². The maximum Gasteiger partial charge on any atom is 0.308 e. The van der Waals surface area contributed by atoms with Crippen LogP contribution in [0.25, 0.3) is 22.1 Å². The molecule has 1 aliphatic heterocycles. The molecule has 30 heavy (non-hydrogen) atoms. The number of benzene rings is 2. The Hall–Kier alpha value is -3.94. The van der Waals surface area contributed by atoms with Crippen molar-refractivity contribution >= 4 is 45.6 Å². The molecule has 0 radical (unpaired) electrons. The highest BCUT2D eigenvalue weighted by atomic mass is 16.5. The minimum absolute atomic E-state index is 0.0523. The lowest BCUT2D eigenvalue weighted by molar-refractivity contribution is -0.145. The van der Waals surface area contributed by atoms with E-state index in [1.807, 2.05) is 18.2 Å². The molecule has 0 aliphatic carbocycles. The van der Waals surface area contributed by atoms with Crippen LogP contribution < -0.4 is 10.5 Å². The Morgan fingerprint density at radius 1 is 1.10 bits per heavy atom. The van der Waals surface area contributed by atoms with Gasteiger partial charge in [0.25, 0.3) is 11.5 Å². The molecule has 150 valence electrons. The number of esters is 1. The number of para-hydroxylation sites is 2. The Balaban J connectivity index is 1.78. The predicted molar refractivity (Wildman–Crippen MR) is 110 cm³/mol. The molecular weight excluding hydrogens is 386 g/mol. The van der Waals surface area contributed by atoms with Gasteiger partial charge in [-0.15, -0.1) is 0 Å². The summed E-state index contributed by atoms with van der Waals surface area (Å²) < 4.78 is 12.0. The second kappa shape index (κ2) is 6.84. The average molecular weight is 403 g/mol. The zero-order valence-electron chi connectivity index (χ0n) is 16.1. The molecule has 0 N–H and O–H groups in total. The first-order chi connectivity index (χ1) is 14.6. The van der Waals surface area contributed by atoms with Crippen LogP contribution in [0, 0.1) is 0 Å². The number of hydrogen-bond acceptors (Lipinski definition) is 6. The highest BCUT2D eigenvalue weighted by Gasteiger charge is 2.42. The van der Waals surface area contributed by atoms with Gasteiger partial charge in [0.1, 0.15) is 17.1 Å². The first-order valence-electron chi connectivity index (χ1n) is 9.58. The van der Waals surface area contributed by atoms with Crippen LogP contribution in [0.4, 0.5) is 11.6 Å². The zero-order chi connectivity index (χ0) is 20.8. The molecule has 1 amide bonds. The number of hydrogen-bond donors (Lipinski definition) is 0. The molecule has 8 heteroatoms. The summed E-state index contributed by atoms with van der Waals surface area (Å²) in [6, 6.07) is 15.0. The molecule has 5 rings (SSSR count).